The van der Waals surface area contributed by atoms with Crippen LogP contribution in [0.2, 0.25) is 0 Å². The van der Waals surface area contributed by atoms with Crippen molar-refractivity contribution in [1.29, 1.82) is 0 Å². The van der Waals surface area contributed by atoms with Crippen molar-refractivity contribution in [2.75, 3.05) is 13.7 Å². The van der Waals surface area contributed by atoms with E-state index in [1.807, 2.05) is 6.92 Å². The Kier molecular flexibility index (Phi) is 5.17. The predicted molar refractivity (Wildman–Crippen MR) is 69.4 cm³/mol. The first-order valence-electron chi connectivity index (χ1n) is 5.78. The van der Waals surface area contributed by atoms with Gasteiger partial charge in [0.1, 0.15) is 0 Å². The molecular formula is C13H17NO4. The van der Waals surface area contributed by atoms with Crippen molar-refractivity contribution in [2.45, 2.75) is 20.3 Å². The molecule has 98 valence electrons. The fourth-order valence-electron chi connectivity index (χ4n) is 1.53. The van der Waals surface area contributed by atoms with Crippen LogP contribution in [-0.4, -0.2) is 18.6 Å². The molecule has 0 aliphatic rings. The summed E-state index contributed by atoms with van der Waals surface area (Å²) < 4.78 is 10.6. The van der Waals surface area contributed by atoms with Gasteiger partial charge >= 0.3 is 0 Å². The zero-order valence-electron chi connectivity index (χ0n) is 10.8. The van der Waals surface area contributed by atoms with Gasteiger partial charge in [-0.05, 0) is 24.6 Å². The molecule has 0 N–H and O–H groups in total. The molecule has 0 fully saturated rings. The van der Waals surface area contributed by atoms with Gasteiger partial charge in [0.05, 0.1) is 18.6 Å². The summed E-state index contributed by atoms with van der Waals surface area (Å²) in [6, 6.07) is 5.24. The smallest absolute Gasteiger partial charge is 0.246 e. The predicted octanol–water partition coefficient (Wildman–Crippen LogP) is 3.12. The first kappa shape index (κ1) is 14.0. The van der Waals surface area contributed by atoms with Crippen molar-refractivity contribution in [1.82, 2.24) is 0 Å². The molecule has 0 unspecified atom stereocenters. The summed E-state index contributed by atoms with van der Waals surface area (Å²) in [7, 11) is 1.56. The molecule has 0 radical (unpaired) electrons. The van der Waals surface area contributed by atoms with Gasteiger partial charge in [0, 0.05) is 12.5 Å². The van der Waals surface area contributed by atoms with Gasteiger partial charge in [-0.1, -0.05) is 13.0 Å². The summed E-state index contributed by atoms with van der Waals surface area (Å²) in [5, 5.41) is 10.7. The molecule has 0 aromatic heterocycles. The molecule has 0 aliphatic carbocycles. The molecule has 0 amide bonds. The maximum atomic E-state index is 10.7. The van der Waals surface area contributed by atoms with E-state index in [0.29, 0.717) is 24.5 Å². The quantitative estimate of drug-likeness (QED) is 0.575. The van der Waals surface area contributed by atoms with E-state index in [-0.39, 0.29) is 10.6 Å². The van der Waals surface area contributed by atoms with Gasteiger partial charge in [-0.3, -0.25) is 10.1 Å². The van der Waals surface area contributed by atoms with E-state index in [9.17, 15) is 10.1 Å². The second kappa shape index (κ2) is 6.64. The maximum Gasteiger partial charge on any atom is 0.246 e. The van der Waals surface area contributed by atoms with Crippen LogP contribution in [-0.2, 0) is 0 Å². The lowest BCUT2D eigenvalue weighted by Crippen LogP contribution is -1.98. The summed E-state index contributed by atoms with van der Waals surface area (Å²) in [6.07, 6.45) is 1.92. The van der Waals surface area contributed by atoms with Crippen LogP contribution < -0.4 is 9.47 Å². The molecule has 0 atom stereocenters. The summed E-state index contributed by atoms with van der Waals surface area (Å²) >= 11 is 0. The molecular weight excluding hydrogens is 234 g/mol. The molecule has 0 saturated carbocycles. The van der Waals surface area contributed by atoms with Gasteiger partial charge in [-0.25, -0.2) is 0 Å². The Labute approximate surface area is 106 Å². The zero-order valence-corrected chi connectivity index (χ0v) is 10.8. The van der Waals surface area contributed by atoms with Crippen molar-refractivity contribution < 1.29 is 14.4 Å². The highest BCUT2D eigenvalue weighted by Crippen LogP contribution is 2.29. The third kappa shape index (κ3) is 3.48. The minimum Gasteiger partial charge on any atom is -0.493 e. The standard InChI is InChI=1S/C13H17NO4/c1-4-11(14(15)16)8-10-6-7-12(17-3)13(9-10)18-5-2/h6-9H,4-5H2,1-3H3. The second-order valence-electron chi connectivity index (χ2n) is 3.59. The fraction of sp³-hybridized carbons (Fsp3) is 0.385. The number of benzene rings is 1. The molecule has 0 bridgehead atoms. The van der Waals surface area contributed by atoms with Crippen LogP contribution >= 0.6 is 0 Å². The van der Waals surface area contributed by atoms with E-state index in [2.05, 4.69) is 0 Å². The lowest BCUT2D eigenvalue weighted by atomic mass is 10.1. The first-order valence-corrected chi connectivity index (χ1v) is 5.78. The van der Waals surface area contributed by atoms with Crippen LogP contribution in [0.3, 0.4) is 0 Å². The maximum absolute atomic E-state index is 10.7. The lowest BCUT2D eigenvalue weighted by molar-refractivity contribution is -0.425. The van der Waals surface area contributed by atoms with Crippen molar-refractivity contribution in [2.24, 2.45) is 0 Å². The van der Waals surface area contributed by atoms with E-state index in [1.165, 1.54) is 0 Å². The minimum absolute atomic E-state index is 0.169. The topological polar surface area (TPSA) is 61.6 Å². The molecule has 5 nitrogen and oxygen atoms in total. The number of ether oxygens (including phenoxy) is 2. The summed E-state index contributed by atoms with van der Waals surface area (Å²) in [5.74, 6) is 1.21. The normalized spacial score (nSPS) is 11.2. The molecule has 5 heteroatoms. The van der Waals surface area contributed by atoms with Gasteiger partial charge in [0.2, 0.25) is 5.70 Å². The Morgan fingerprint density at radius 1 is 1.39 bits per heavy atom. The van der Waals surface area contributed by atoms with Crippen molar-refractivity contribution in [3.63, 3.8) is 0 Å². The number of rotatable bonds is 6. The van der Waals surface area contributed by atoms with E-state index >= 15 is 0 Å². The van der Waals surface area contributed by atoms with Crippen LogP contribution in [0.15, 0.2) is 23.9 Å². The monoisotopic (exact) mass is 251 g/mol. The highest BCUT2D eigenvalue weighted by atomic mass is 16.6. The molecule has 1 aromatic rings. The van der Waals surface area contributed by atoms with Gasteiger partial charge in [0.25, 0.3) is 0 Å². The number of allylic oxidation sites excluding steroid dienone is 1. The number of nitro groups is 1. The first-order chi connectivity index (χ1) is 8.62. The van der Waals surface area contributed by atoms with E-state index < -0.39 is 0 Å². The number of hydrogen-bond donors (Lipinski definition) is 0. The Balaban J connectivity index is 3.11. The Hall–Kier alpha value is -2.04. The van der Waals surface area contributed by atoms with Crippen LogP contribution in [0.5, 0.6) is 11.5 Å². The zero-order chi connectivity index (χ0) is 13.5. The molecule has 1 rings (SSSR count). The Morgan fingerprint density at radius 3 is 2.61 bits per heavy atom. The third-order valence-electron chi connectivity index (χ3n) is 2.42. The van der Waals surface area contributed by atoms with Gasteiger partial charge in [-0.15, -0.1) is 0 Å². The van der Waals surface area contributed by atoms with E-state index in [4.69, 9.17) is 9.47 Å². The summed E-state index contributed by atoms with van der Waals surface area (Å²) in [5.41, 5.74) is 0.899. The highest BCUT2D eigenvalue weighted by Gasteiger charge is 2.09. The van der Waals surface area contributed by atoms with Crippen molar-refractivity contribution in [3.05, 3.63) is 39.6 Å². The van der Waals surface area contributed by atoms with E-state index in [0.717, 1.165) is 5.56 Å². The molecule has 0 heterocycles. The number of hydrogen-bond acceptors (Lipinski definition) is 4. The van der Waals surface area contributed by atoms with Gasteiger partial charge in [-0.2, -0.15) is 0 Å². The molecule has 1 aromatic carbocycles. The average molecular weight is 251 g/mol. The Morgan fingerprint density at radius 2 is 2.11 bits per heavy atom. The Bertz CT molecular complexity index is 454. The SMILES string of the molecule is CCOc1cc(C=C(CC)[N+](=O)[O-])ccc1OC. The third-order valence-corrected chi connectivity index (χ3v) is 2.42. The van der Waals surface area contributed by atoms with E-state index in [1.54, 1.807) is 38.3 Å². The number of methoxy groups -OCH3 is 1. The number of nitrogens with zero attached hydrogens (tertiary/aromatic N) is 1. The van der Waals surface area contributed by atoms with Crippen LogP contribution in [0.1, 0.15) is 25.8 Å². The van der Waals surface area contributed by atoms with Crippen molar-refractivity contribution in [3.8, 4) is 11.5 Å². The molecule has 0 spiro atoms. The van der Waals surface area contributed by atoms with Gasteiger partial charge < -0.3 is 9.47 Å². The minimum atomic E-state index is -0.370. The average Bonchev–Trinajstić information content (AvgIpc) is 2.36. The fourth-order valence-corrected chi connectivity index (χ4v) is 1.53. The molecule has 0 saturated heterocycles. The van der Waals surface area contributed by atoms with Gasteiger partial charge in [0.15, 0.2) is 11.5 Å². The largest absolute Gasteiger partial charge is 0.493 e. The van der Waals surface area contributed by atoms with Crippen LogP contribution in [0.4, 0.5) is 0 Å². The summed E-state index contributed by atoms with van der Waals surface area (Å²) in [6.45, 7) is 4.14. The highest BCUT2D eigenvalue weighted by molar-refractivity contribution is 5.57. The van der Waals surface area contributed by atoms with Crippen LogP contribution in [0, 0.1) is 10.1 Å². The second-order valence-corrected chi connectivity index (χ2v) is 3.59. The van der Waals surface area contributed by atoms with Crippen LogP contribution in [0.25, 0.3) is 6.08 Å². The lowest BCUT2D eigenvalue weighted by Gasteiger charge is -2.09. The summed E-state index contributed by atoms with van der Waals surface area (Å²) in [4.78, 5) is 10.4. The molecule has 18 heavy (non-hydrogen) atoms. The molecule has 0 aliphatic heterocycles. The van der Waals surface area contributed by atoms with Crippen molar-refractivity contribution >= 4 is 6.08 Å².